The summed E-state index contributed by atoms with van der Waals surface area (Å²) in [6.45, 7) is 0. The molecule has 1 aromatic heterocycles. The van der Waals surface area contributed by atoms with E-state index in [1.54, 1.807) is 0 Å². The highest BCUT2D eigenvalue weighted by atomic mass is 79.9. The van der Waals surface area contributed by atoms with E-state index in [0.29, 0.717) is 15.6 Å². The standard InChI is InChI=1S/C14H9BrO3/c1-17-14(16)12-10(15)7-6-9-8-4-2-3-5-11(8)18-13(9)12/h2-7H,1H3. The van der Waals surface area contributed by atoms with E-state index >= 15 is 0 Å². The molecule has 0 amide bonds. The molecular weight excluding hydrogens is 296 g/mol. The van der Waals surface area contributed by atoms with Gasteiger partial charge in [-0.05, 0) is 34.1 Å². The van der Waals surface area contributed by atoms with Crippen LogP contribution < -0.4 is 0 Å². The van der Waals surface area contributed by atoms with Gasteiger partial charge in [0.2, 0.25) is 0 Å². The van der Waals surface area contributed by atoms with Crippen LogP contribution in [0.5, 0.6) is 0 Å². The molecule has 0 saturated carbocycles. The van der Waals surface area contributed by atoms with Gasteiger partial charge in [0.05, 0.1) is 7.11 Å². The zero-order valence-corrected chi connectivity index (χ0v) is 11.2. The Morgan fingerprint density at radius 1 is 1.17 bits per heavy atom. The van der Waals surface area contributed by atoms with Gasteiger partial charge < -0.3 is 9.15 Å². The van der Waals surface area contributed by atoms with Crippen LogP contribution in [-0.2, 0) is 4.74 Å². The van der Waals surface area contributed by atoms with Crippen LogP contribution in [-0.4, -0.2) is 13.1 Å². The first-order chi connectivity index (χ1) is 8.72. The number of carbonyl (C=O) groups excluding carboxylic acids is 1. The van der Waals surface area contributed by atoms with Gasteiger partial charge in [0.1, 0.15) is 11.1 Å². The van der Waals surface area contributed by atoms with Crippen molar-refractivity contribution in [3.05, 3.63) is 46.4 Å². The van der Waals surface area contributed by atoms with Crippen molar-refractivity contribution in [3.63, 3.8) is 0 Å². The van der Waals surface area contributed by atoms with Crippen molar-refractivity contribution in [2.45, 2.75) is 0 Å². The number of benzene rings is 2. The van der Waals surface area contributed by atoms with Gasteiger partial charge in [-0.25, -0.2) is 4.79 Å². The molecule has 2 aromatic carbocycles. The average molecular weight is 305 g/mol. The quantitative estimate of drug-likeness (QED) is 0.634. The number of para-hydroxylation sites is 1. The largest absolute Gasteiger partial charge is 0.465 e. The lowest BCUT2D eigenvalue weighted by Crippen LogP contribution is -2.02. The number of ether oxygens (including phenoxy) is 1. The zero-order chi connectivity index (χ0) is 12.7. The third kappa shape index (κ3) is 1.53. The Balaban J connectivity index is 2.47. The molecule has 0 atom stereocenters. The average Bonchev–Trinajstić information content (AvgIpc) is 2.76. The maximum absolute atomic E-state index is 11.8. The number of methoxy groups -OCH3 is 1. The molecule has 3 rings (SSSR count). The minimum atomic E-state index is -0.411. The van der Waals surface area contributed by atoms with E-state index in [1.165, 1.54) is 7.11 Å². The summed E-state index contributed by atoms with van der Waals surface area (Å²) >= 11 is 3.36. The van der Waals surface area contributed by atoms with Crippen LogP contribution in [0, 0.1) is 0 Å². The summed E-state index contributed by atoms with van der Waals surface area (Å²) < 4.78 is 11.2. The van der Waals surface area contributed by atoms with E-state index in [-0.39, 0.29) is 0 Å². The highest BCUT2D eigenvalue weighted by Crippen LogP contribution is 2.34. The molecule has 0 aliphatic heterocycles. The number of halogens is 1. The first-order valence-corrected chi connectivity index (χ1v) is 6.19. The maximum Gasteiger partial charge on any atom is 0.342 e. The third-order valence-electron chi connectivity index (χ3n) is 2.89. The molecule has 0 aliphatic carbocycles. The van der Waals surface area contributed by atoms with Gasteiger partial charge >= 0.3 is 5.97 Å². The molecule has 0 aliphatic rings. The minimum Gasteiger partial charge on any atom is -0.465 e. The molecule has 1 heterocycles. The van der Waals surface area contributed by atoms with Gasteiger partial charge in [-0.2, -0.15) is 0 Å². The number of rotatable bonds is 1. The normalized spacial score (nSPS) is 11.0. The Kier molecular flexibility index (Phi) is 2.59. The fourth-order valence-electron chi connectivity index (χ4n) is 2.06. The van der Waals surface area contributed by atoms with Crippen LogP contribution in [0.4, 0.5) is 0 Å². The van der Waals surface area contributed by atoms with Crippen molar-refractivity contribution in [1.82, 2.24) is 0 Å². The predicted octanol–water partition coefficient (Wildman–Crippen LogP) is 4.14. The summed E-state index contributed by atoms with van der Waals surface area (Å²) in [5.41, 5.74) is 1.74. The summed E-state index contributed by atoms with van der Waals surface area (Å²) in [5.74, 6) is -0.411. The highest BCUT2D eigenvalue weighted by Gasteiger charge is 2.19. The second-order valence-corrected chi connectivity index (χ2v) is 4.74. The lowest BCUT2D eigenvalue weighted by Gasteiger charge is -2.02. The van der Waals surface area contributed by atoms with Gasteiger partial charge in [0, 0.05) is 15.2 Å². The van der Waals surface area contributed by atoms with E-state index in [2.05, 4.69) is 15.9 Å². The number of fused-ring (bicyclic) bond motifs is 3. The Bertz CT molecular complexity index is 758. The van der Waals surface area contributed by atoms with Crippen molar-refractivity contribution in [2.75, 3.05) is 7.11 Å². The van der Waals surface area contributed by atoms with E-state index in [4.69, 9.17) is 9.15 Å². The fraction of sp³-hybridized carbons (Fsp3) is 0.0714. The summed E-state index contributed by atoms with van der Waals surface area (Å²) in [7, 11) is 1.36. The molecule has 0 unspecified atom stereocenters. The number of hydrogen-bond acceptors (Lipinski definition) is 3. The van der Waals surface area contributed by atoms with Crippen molar-refractivity contribution >= 4 is 43.8 Å². The molecule has 0 fully saturated rings. The summed E-state index contributed by atoms with van der Waals surface area (Å²) in [6.07, 6.45) is 0. The van der Waals surface area contributed by atoms with Crippen molar-refractivity contribution in [3.8, 4) is 0 Å². The zero-order valence-electron chi connectivity index (χ0n) is 9.57. The van der Waals surface area contributed by atoms with E-state index in [1.807, 2.05) is 36.4 Å². The van der Waals surface area contributed by atoms with Gasteiger partial charge in [-0.3, -0.25) is 0 Å². The summed E-state index contributed by atoms with van der Waals surface area (Å²) in [4.78, 5) is 11.8. The number of carbonyl (C=O) groups is 1. The first-order valence-electron chi connectivity index (χ1n) is 5.40. The molecule has 0 N–H and O–H groups in total. The van der Waals surface area contributed by atoms with Crippen molar-refractivity contribution < 1.29 is 13.9 Å². The molecule has 4 heteroatoms. The Morgan fingerprint density at radius 2 is 1.94 bits per heavy atom. The monoisotopic (exact) mass is 304 g/mol. The predicted molar refractivity (Wildman–Crippen MR) is 72.8 cm³/mol. The van der Waals surface area contributed by atoms with Crippen LogP contribution in [0.25, 0.3) is 21.9 Å². The fourth-order valence-corrected chi connectivity index (χ4v) is 2.53. The molecule has 0 spiro atoms. The lowest BCUT2D eigenvalue weighted by atomic mass is 10.1. The van der Waals surface area contributed by atoms with E-state index < -0.39 is 5.97 Å². The van der Waals surface area contributed by atoms with Gasteiger partial charge in [-0.15, -0.1) is 0 Å². The van der Waals surface area contributed by atoms with E-state index in [0.717, 1.165) is 16.4 Å². The van der Waals surface area contributed by atoms with E-state index in [9.17, 15) is 4.79 Å². The highest BCUT2D eigenvalue weighted by molar-refractivity contribution is 9.10. The van der Waals surface area contributed by atoms with Gasteiger partial charge in [0.15, 0.2) is 5.58 Å². The van der Waals surface area contributed by atoms with Crippen molar-refractivity contribution in [2.24, 2.45) is 0 Å². The topological polar surface area (TPSA) is 39.4 Å². The Hall–Kier alpha value is -1.81. The van der Waals surface area contributed by atoms with Crippen LogP contribution in [0.2, 0.25) is 0 Å². The number of esters is 1. The maximum atomic E-state index is 11.8. The third-order valence-corrected chi connectivity index (χ3v) is 3.55. The van der Waals surface area contributed by atoms with Crippen LogP contribution in [0.15, 0.2) is 45.3 Å². The number of furan rings is 1. The molecular formula is C14H9BrO3. The summed E-state index contributed by atoms with van der Waals surface area (Å²) in [6, 6.07) is 11.4. The SMILES string of the molecule is COC(=O)c1c(Br)ccc2c1oc1ccccc12. The van der Waals surface area contributed by atoms with Crippen molar-refractivity contribution in [1.29, 1.82) is 0 Å². The lowest BCUT2D eigenvalue weighted by molar-refractivity contribution is 0.0601. The molecule has 3 nitrogen and oxygen atoms in total. The van der Waals surface area contributed by atoms with Crippen LogP contribution in [0.3, 0.4) is 0 Å². The second-order valence-electron chi connectivity index (χ2n) is 3.89. The minimum absolute atomic E-state index is 0.411. The van der Waals surface area contributed by atoms with Gasteiger partial charge in [-0.1, -0.05) is 18.2 Å². The summed E-state index contributed by atoms with van der Waals surface area (Å²) in [5, 5.41) is 1.90. The molecule has 18 heavy (non-hydrogen) atoms. The van der Waals surface area contributed by atoms with Crippen LogP contribution in [0.1, 0.15) is 10.4 Å². The Labute approximate surface area is 111 Å². The molecule has 90 valence electrons. The molecule has 0 radical (unpaired) electrons. The first kappa shape index (κ1) is 11.3. The number of hydrogen-bond donors (Lipinski definition) is 0. The Morgan fingerprint density at radius 3 is 2.72 bits per heavy atom. The second kappa shape index (κ2) is 4.14. The smallest absolute Gasteiger partial charge is 0.342 e. The molecule has 3 aromatic rings. The molecule has 0 saturated heterocycles. The van der Waals surface area contributed by atoms with Crippen LogP contribution >= 0.6 is 15.9 Å². The molecule has 0 bridgehead atoms. The van der Waals surface area contributed by atoms with Gasteiger partial charge in [0.25, 0.3) is 0 Å².